The molecular weight excluding hydrogens is 255 g/mol. The predicted octanol–water partition coefficient (Wildman–Crippen LogP) is 1.91. The molecule has 1 saturated heterocycles. The summed E-state index contributed by atoms with van der Waals surface area (Å²) in [6, 6.07) is 5.16. The first kappa shape index (κ1) is 12.9. The Balaban J connectivity index is 2.14. The maximum atomic E-state index is 12.8. The van der Waals surface area contributed by atoms with Crippen LogP contribution in [0.2, 0.25) is 0 Å². The molecule has 0 spiro atoms. The molecule has 18 heavy (non-hydrogen) atoms. The quantitative estimate of drug-likeness (QED) is 0.669. The van der Waals surface area contributed by atoms with E-state index < -0.39 is 0 Å². The van der Waals surface area contributed by atoms with Gasteiger partial charge in [0.25, 0.3) is 5.91 Å². The first-order chi connectivity index (χ1) is 8.63. The zero-order chi connectivity index (χ0) is 13.1. The summed E-state index contributed by atoms with van der Waals surface area (Å²) in [5.41, 5.74) is 0.531. The number of hydrogen-bond acceptors (Lipinski definition) is 3. The Hall–Kier alpha value is -1.56. The van der Waals surface area contributed by atoms with Crippen LogP contribution in [0.5, 0.6) is 0 Å². The topological polar surface area (TPSA) is 40.6 Å². The average molecular weight is 268 g/mol. The molecule has 0 saturated carbocycles. The fraction of sp³-hybridized carbons (Fsp3) is 0.333. The Morgan fingerprint density at radius 3 is 2.50 bits per heavy atom. The number of amides is 3. The lowest BCUT2D eigenvalue weighted by atomic mass is 10.3. The molecule has 1 aliphatic rings. The van der Waals surface area contributed by atoms with Crippen LogP contribution in [0.3, 0.4) is 0 Å². The van der Waals surface area contributed by atoms with E-state index >= 15 is 0 Å². The minimum atomic E-state index is -0.372. The summed E-state index contributed by atoms with van der Waals surface area (Å²) in [7, 11) is 0. The molecule has 2 rings (SSSR count). The predicted molar refractivity (Wildman–Crippen MR) is 69.3 cm³/mol. The van der Waals surface area contributed by atoms with E-state index in [9.17, 15) is 14.0 Å². The number of benzene rings is 1. The van der Waals surface area contributed by atoms with Crippen LogP contribution in [-0.2, 0) is 4.79 Å². The lowest BCUT2D eigenvalue weighted by molar-refractivity contribution is -0.124. The SMILES string of the molecule is O=C1CN(c2ccc(F)cc2)C(=O)N1CCCS. The Morgan fingerprint density at radius 1 is 1.22 bits per heavy atom. The van der Waals surface area contributed by atoms with E-state index in [0.29, 0.717) is 24.4 Å². The van der Waals surface area contributed by atoms with Gasteiger partial charge in [0.05, 0.1) is 0 Å². The van der Waals surface area contributed by atoms with Gasteiger partial charge in [-0.3, -0.25) is 14.6 Å². The van der Waals surface area contributed by atoms with Crippen LogP contribution in [0.25, 0.3) is 0 Å². The van der Waals surface area contributed by atoms with E-state index in [2.05, 4.69) is 12.6 Å². The second-order valence-corrected chi connectivity index (χ2v) is 4.41. The van der Waals surface area contributed by atoms with Crippen molar-refractivity contribution in [3.8, 4) is 0 Å². The average Bonchev–Trinajstić information content (AvgIpc) is 2.64. The van der Waals surface area contributed by atoms with Crippen LogP contribution < -0.4 is 4.90 Å². The summed E-state index contributed by atoms with van der Waals surface area (Å²) in [4.78, 5) is 26.3. The van der Waals surface area contributed by atoms with Crippen molar-refractivity contribution in [1.82, 2.24) is 4.90 Å². The molecule has 0 unspecified atom stereocenters. The lowest BCUT2D eigenvalue weighted by Crippen LogP contribution is -2.34. The van der Waals surface area contributed by atoms with Gasteiger partial charge in [0.1, 0.15) is 12.4 Å². The van der Waals surface area contributed by atoms with Crippen molar-refractivity contribution in [1.29, 1.82) is 0 Å². The van der Waals surface area contributed by atoms with Gasteiger partial charge in [-0.05, 0) is 36.4 Å². The molecule has 6 heteroatoms. The van der Waals surface area contributed by atoms with E-state index in [4.69, 9.17) is 0 Å². The van der Waals surface area contributed by atoms with Crippen molar-refractivity contribution < 1.29 is 14.0 Å². The fourth-order valence-electron chi connectivity index (χ4n) is 1.81. The van der Waals surface area contributed by atoms with E-state index in [-0.39, 0.29) is 24.3 Å². The van der Waals surface area contributed by atoms with Crippen LogP contribution in [0, 0.1) is 5.82 Å². The van der Waals surface area contributed by atoms with E-state index in [1.165, 1.54) is 34.1 Å². The minimum absolute atomic E-state index is 0.0109. The summed E-state index contributed by atoms with van der Waals surface area (Å²) in [5.74, 6) is 0.0166. The molecule has 0 aliphatic carbocycles. The molecule has 96 valence electrons. The number of carbonyl (C=O) groups excluding carboxylic acids is 2. The van der Waals surface area contributed by atoms with E-state index in [1.54, 1.807) is 0 Å². The van der Waals surface area contributed by atoms with Crippen molar-refractivity contribution in [3.05, 3.63) is 30.1 Å². The molecule has 1 aromatic carbocycles. The number of imide groups is 1. The Labute approximate surface area is 110 Å². The number of rotatable bonds is 4. The van der Waals surface area contributed by atoms with E-state index in [0.717, 1.165) is 0 Å². The first-order valence-electron chi connectivity index (χ1n) is 5.62. The maximum Gasteiger partial charge on any atom is 0.331 e. The van der Waals surface area contributed by atoms with Gasteiger partial charge in [-0.2, -0.15) is 12.6 Å². The van der Waals surface area contributed by atoms with E-state index in [1.807, 2.05) is 0 Å². The maximum absolute atomic E-state index is 12.8. The number of halogens is 1. The molecule has 0 bridgehead atoms. The third-order valence-electron chi connectivity index (χ3n) is 2.73. The number of anilines is 1. The van der Waals surface area contributed by atoms with Crippen molar-refractivity contribution >= 4 is 30.3 Å². The Bertz CT molecular complexity index is 464. The zero-order valence-electron chi connectivity index (χ0n) is 9.67. The highest BCUT2D eigenvalue weighted by atomic mass is 32.1. The van der Waals surface area contributed by atoms with Crippen LogP contribution in [0.4, 0.5) is 14.9 Å². The Kier molecular flexibility index (Phi) is 3.86. The van der Waals surface area contributed by atoms with Gasteiger partial charge in [0.2, 0.25) is 0 Å². The van der Waals surface area contributed by atoms with Gasteiger partial charge in [0.15, 0.2) is 0 Å². The normalized spacial score (nSPS) is 15.7. The van der Waals surface area contributed by atoms with Gasteiger partial charge in [-0.15, -0.1) is 0 Å². The number of thiol groups is 1. The molecule has 0 N–H and O–H groups in total. The summed E-state index contributed by atoms with van der Waals surface area (Å²) < 4.78 is 12.8. The number of nitrogens with zero attached hydrogens (tertiary/aromatic N) is 2. The standard InChI is InChI=1S/C12H13FN2O2S/c13-9-2-4-10(5-3-9)15-8-11(16)14(12(15)17)6-1-7-18/h2-5,18H,1,6-8H2. The number of hydrogen-bond donors (Lipinski definition) is 1. The van der Waals surface area contributed by atoms with Crippen LogP contribution in [0.15, 0.2) is 24.3 Å². The molecule has 4 nitrogen and oxygen atoms in total. The first-order valence-corrected chi connectivity index (χ1v) is 6.25. The molecule has 1 aliphatic heterocycles. The molecule has 1 heterocycles. The molecule has 0 atom stereocenters. The zero-order valence-corrected chi connectivity index (χ0v) is 10.6. The largest absolute Gasteiger partial charge is 0.331 e. The number of urea groups is 1. The summed E-state index contributed by atoms with van der Waals surface area (Å²) in [5, 5.41) is 0. The van der Waals surface area contributed by atoms with Crippen LogP contribution in [-0.4, -0.2) is 35.7 Å². The molecular formula is C12H13FN2O2S. The second kappa shape index (κ2) is 5.39. The summed E-state index contributed by atoms with van der Waals surface area (Å²) >= 11 is 4.05. The van der Waals surface area contributed by atoms with Crippen LogP contribution in [0.1, 0.15) is 6.42 Å². The molecule has 1 aromatic rings. The van der Waals surface area contributed by atoms with Gasteiger partial charge in [-0.1, -0.05) is 0 Å². The monoisotopic (exact) mass is 268 g/mol. The van der Waals surface area contributed by atoms with Crippen molar-refractivity contribution in [2.24, 2.45) is 0 Å². The molecule has 0 radical (unpaired) electrons. The molecule has 3 amide bonds. The minimum Gasteiger partial charge on any atom is -0.285 e. The molecule has 1 fully saturated rings. The van der Waals surface area contributed by atoms with Gasteiger partial charge in [0, 0.05) is 12.2 Å². The highest BCUT2D eigenvalue weighted by Gasteiger charge is 2.36. The molecule has 0 aromatic heterocycles. The summed E-state index contributed by atoms with van der Waals surface area (Å²) in [6.07, 6.45) is 0.665. The third-order valence-corrected chi connectivity index (χ3v) is 3.05. The van der Waals surface area contributed by atoms with Gasteiger partial charge in [-0.25, -0.2) is 9.18 Å². The lowest BCUT2D eigenvalue weighted by Gasteiger charge is -2.16. The highest BCUT2D eigenvalue weighted by Crippen LogP contribution is 2.21. The van der Waals surface area contributed by atoms with Gasteiger partial charge >= 0.3 is 6.03 Å². The summed E-state index contributed by atoms with van der Waals surface area (Å²) in [6.45, 7) is 0.385. The van der Waals surface area contributed by atoms with Crippen molar-refractivity contribution in [2.75, 3.05) is 23.7 Å². The third kappa shape index (κ3) is 2.48. The van der Waals surface area contributed by atoms with Crippen molar-refractivity contribution in [2.45, 2.75) is 6.42 Å². The Morgan fingerprint density at radius 2 is 1.89 bits per heavy atom. The van der Waals surface area contributed by atoms with Crippen molar-refractivity contribution in [3.63, 3.8) is 0 Å². The second-order valence-electron chi connectivity index (χ2n) is 3.97. The van der Waals surface area contributed by atoms with Gasteiger partial charge < -0.3 is 0 Å². The smallest absolute Gasteiger partial charge is 0.285 e. The number of carbonyl (C=O) groups is 2. The fourth-order valence-corrected chi connectivity index (χ4v) is 1.95. The van der Waals surface area contributed by atoms with Crippen LogP contribution >= 0.6 is 12.6 Å². The highest BCUT2D eigenvalue weighted by molar-refractivity contribution is 7.80.